The van der Waals surface area contributed by atoms with E-state index in [0.29, 0.717) is 6.04 Å². The Hall–Kier alpha value is -0.570. The summed E-state index contributed by atoms with van der Waals surface area (Å²) in [7, 11) is 0. The third kappa shape index (κ3) is 3.44. The molecule has 94 valence electrons. The second-order valence-corrected chi connectivity index (χ2v) is 5.75. The quantitative estimate of drug-likeness (QED) is 0.831. The first-order chi connectivity index (χ1) is 8.19. The van der Waals surface area contributed by atoms with Crippen molar-refractivity contribution in [2.24, 2.45) is 5.92 Å². The van der Waals surface area contributed by atoms with Crippen LogP contribution in [0.2, 0.25) is 0 Å². The summed E-state index contributed by atoms with van der Waals surface area (Å²) < 4.78 is 14.1. The lowest BCUT2D eigenvalue weighted by molar-refractivity contribution is 0.330. The maximum atomic E-state index is 13.2. The van der Waals surface area contributed by atoms with Crippen molar-refractivity contribution in [1.82, 2.24) is 0 Å². The van der Waals surface area contributed by atoms with E-state index >= 15 is 0 Å². The van der Waals surface area contributed by atoms with Crippen LogP contribution in [-0.4, -0.2) is 6.04 Å². The number of benzene rings is 1. The molecule has 0 amide bonds. The van der Waals surface area contributed by atoms with Gasteiger partial charge >= 0.3 is 0 Å². The van der Waals surface area contributed by atoms with E-state index < -0.39 is 0 Å². The van der Waals surface area contributed by atoms with E-state index in [4.69, 9.17) is 0 Å². The molecule has 0 aromatic heterocycles. The summed E-state index contributed by atoms with van der Waals surface area (Å²) in [5.41, 5.74) is 0.880. The van der Waals surface area contributed by atoms with E-state index in [2.05, 4.69) is 28.2 Å². The van der Waals surface area contributed by atoms with Crippen molar-refractivity contribution in [3.05, 3.63) is 28.5 Å². The van der Waals surface area contributed by atoms with Crippen molar-refractivity contribution >= 4 is 21.6 Å². The highest BCUT2D eigenvalue weighted by Gasteiger charge is 2.20. The van der Waals surface area contributed by atoms with Crippen LogP contribution in [0, 0.1) is 11.7 Å². The largest absolute Gasteiger partial charge is 0.381 e. The van der Waals surface area contributed by atoms with Crippen molar-refractivity contribution in [2.45, 2.75) is 45.1 Å². The van der Waals surface area contributed by atoms with E-state index in [-0.39, 0.29) is 5.82 Å². The molecule has 1 aliphatic carbocycles. The van der Waals surface area contributed by atoms with Gasteiger partial charge in [-0.1, -0.05) is 13.3 Å². The second kappa shape index (κ2) is 5.85. The van der Waals surface area contributed by atoms with Crippen LogP contribution in [0.25, 0.3) is 0 Å². The predicted octanol–water partition coefficient (Wildman–Crippen LogP) is 4.97. The summed E-state index contributed by atoms with van der Waals surface area (Å²) in [4.78, 5) is 0. The maximum absolute atomic E-state index is 13.2. The van der Waals surface area contributed by atoms with Crippen LogP contribution < -0.4 is 5.32 Å². The molecule has 0 spiro atoms. The van der Waals surface area contributed by atoms with Gasteiger partial charge in [0.2, 0.25) is 0 Å². The van der Waals surface area contributed by atoms with Gasteiger partial charge in [0.15, 0.2) is 0 Å². The van der Waals surface area contributed by atoms with Crippen molar-refractivity contribution < 1.29 is 4.39 Å². The number of nitrogens with one attached hydrogen (secondary N) is 1. The molecule has 1 fully saturated rings. The molecule has 1 aromatic rings. The lowest BCUT2D eigenvalue weighted by Crippen LogP contribution is -2.26. The minimum absolute atomic E-state index is 0.182. The van der Waals surface area contributed by atoms with E-state index in [0.717, 1.165) is 16.1 Å². The summed E-state index contributed by atoms with van der Waals surface area (Å²) in [5.74, 6) is 0.710. The Morgan fingerprint density at radius 2 is 2.00 bits per heavy atom. The fourth-order valence-corrected chi connectivity index (χ4v) is 2.90. The predicted molar refractivity (Wildman–Crippen MR) is 73.8 cm³/mol. The molecule has 3 heteroatoms. The highest BCUT2D eigenvalue weighted by molar-refractivity contribution is 9.10. The third-order valence-electron chi connectivity index (χ3n) is 3.71. The number of hydrogen-bond acceptors (Lipinski definition) is 1. The van der Waals surface area contributed by atoms with Crippen LogP contribution in [0.5, 0.6) is 0 Å². The molecular weight excluding hydrogens is 281 g/mol. The minimum atomic E-state index is -0.182. The molecule has 0 heterocycles. The van der Waals surface area contributed by atoms with Crippen molar-refractivity contribution in [1.29, 1.82) is 0 Å². The lowest BCUT2D eigenvalue weighted by Gasteiger charge is -2.29. The molecule has 1 N–H and O–H groups in total. The average Bonchev–Trinajstić information content (AvgIpc) is 2.35. The van der Waals surface area contributed by atoms with Gasteiger partial charge in [-0.25, -0.2) is 4.39 Å². The lowest BCUT2D eigenvalue weighted by atomic mass is 9.84. The highest BCUT2D eigenvalue weighted by Crippen LogP contribution is 2.30. The number of rotatable bonds is 3. The summed E-state index contributed by atoms with van der Waals surface area (Å²) in [5, 5.41) is 3.45. The molecule has 1 nitrogen and oxygen atoms in total. The van der Waals surface area contributed by atoms with Crippen LogP contribution in [0.3, 0.4) is 0 Å². The van der Waals surface area contributed by atoms with Gasteiger partial charge in [-0.05, 0) is 65.7 Å². The van der Waals surface area contributed by atoms with Crippen LogP contribution in [0.4, 0.5) is 10.1 Å². The first-order valence-corrected chi connectivity index (χ1v) is 7.20. The zero-order valence-corrected chi connectivity index (χ0v) is 11.8. The fraction of sp³-hybridized carbons (Fsp3) is 0.571. The highest BCUT2D eigenvalue weighted by atomic mass is 79.9. The molecule has 0 aliphatic heterocycles. The number of hydrogen-bond donors (Lipinski definition) is 1. The Kier molecular flexibility index (Phi) is 4.43. The first kappa shape index (κ1) is 12.9. The third-order valence-corrected chi connectivity index (χ3v) is 4.40. The van der Waals surface area contributed by atoms with E-state index in [1.54, 1.807) is 12.1 Å². The zero-order chi connectivity index (χ0) is 12.3. The van der Waals surface area contributed by atoms with Gasteiger partial charge in [-0.3, -0.25) is 0 Å². The molecule has 0 radical (unpaired) electrons. The molecular formula is C14H19BrFN. The number of halogens is 2. The molecule has 1 aliphatic rings. The first-order valence-electron chi connectivity index (χ1n) is 6.40. The van der Waals surface area contributed by atoms with Crippen LogP contribution in [0.1, 0.15) is 39.0 Å². The SMILES string of the molecule is CCC1CCC(Nc2cc(F)ccc2Br)CC1. The summed E-state index contributed by atoms with van der Waals surface area (Å²) in [6.07, 6.45) is 6.27. The van der Waals surface area contributed by atoms with Gasteiger partial charge in [0.05, 0.1) is 5.69 Å². The van der Waals surface area contributed by atoms with Crippen LogP contribution >= 0.6 is 15.9 Å². The van der Waals surface area contributed by atoms with Gasteiger partial charge in [0.1, 0.15) is 5.82 Å². The standard InChI is InChI=1S/C14H19BrFN/c1-2-10-3-6-12(7-4-10)17-14-9-11(16)5-8-13(14)15/h5,8-10,12,17H,2-4,6-7H2,1H3. The van der Waals surface area contributed by atoms with Gasteiger partial charge in [0, 0.05) is 10.5 Å². The molecule has 0 atom stereocenters. The summed E-state index contributed by atoms with van der Waals surface area (Å²) >= 11 is 3.45. The van der Waals surface area contributed by atoms with Crippen LogP contribution in [0.15, 0.2) is 22.7 Å². The van der Waals surface area contributed by atoms with Gasteiger partial charge in [-0.2, -0.15) is 0 Å². The Morgan fingerprint density at radius 3 is 2.65 bits per heavy atom. The monoisotopic (exact) mass is 299 g/mol. The topological polar surface area (TPSA) is 12.0 Å². The second-order valence-electron chi connectivity index (χ2n) is 4.89. The number of anilines is 1. The fourth-order valence-electron chi connectivity index (χ4n) is 2.54. The average molecular weight is 300 g/mol. The minimum Gasteiger partial charge on any atom is -0.381 e. The molecule has 0 saturated heterocycles. The van der Waals surface area contributed by atoms with Crippen molar-refractivity contribution in [3.63, 3.8) is 0 Å². The molecule has 0 unspecified atom stereocenters. The van der Waals surface area contributed by atoms with Gasteiger partial charge in [0.25, 0.3) is 0 Å². The molecule has 1 aromatic carbocycles. The Balaban J connectivity index is 1.95. The molecule has 0 bridgehead atoms. The maximum Gasteiger partial charge on any atom is 0.125 e. The van der Waals surface area contributed by atoms with Gasteiger partial charge in [-0.15, -0.1) is 0 Å². The Morgan fingerprint density at radius 1 is 1.29 bits per heavy atom. The molecule has 17 heavy (non-hydrogen) atoms. The normalized spacial score (nSPS) is 24.6. The van der Waals surface area contributed by atoms with Crippen LogP contribution in [-0.2, 0) is 0 Å². The van der Waals surface area contributed by atoms with Crippen molar-refractivity contribution in [2.75, 3.05) is 5.32 Å². The van der Waals surface area contributed by atoms with Crippen molar-refractivity contribution in [3.8, 4) is 0 Å². The molecule has 2 rings (SSSR count). The van der Waals surface area contributed by atoms with E-state index in [1.807, 2.05) is 0 Å². The summed E-state index contributed by atoms with van der Waals surface area (Å²) in [6.45, 7) is 2.27. The van der Waals surface area contributed by atoms with Gasteiger partial charge < -0.3 is 5.32 Å². The summed E-state index contributed by atoms with van der Waals surface area (Å²) in [6, 6.07) is 5.30. The van der Waals surface area contributed by atoms with E-state index in [9.17, 15) is 4.39 Å². The Bertz CT molecular complexity index is 372. The molecule has 1 saturated carbocycles. The Labute approximate surface area is 111 Å². The smallest absolute Gasteiger partial charge is 0.125 e. The van der Waals surface area contributed by atoms with E-state index in [1.165, 1.54) is 38.2 Å². The zero-order valence-electron chi connectivity index (χ0n) is 10.2.